The Morgan fingerprint density at radius 3 is 1.56 bits per heavy atom. The monoisotopic (exact) mass is 1390 g/mol. The smallest absolute Gasteiger partial charge is 1.00 e. The topological polar surface area (TPSA) is 125 Å². The predicted molar refractivity (Wildman–Crippen MR) is 299 cm³/mol. The van der Waals surface area contributed by atoms with Crippen molar-refractivity contribution in [1.82, 2.24) is 9.97 Å². The number of aromatic amines is 2. The Balaban J connectivity index is -0.000000175. The molecule has 0 aliphatic heterocycles. The van der Waals surface area contributed by atoms with Crippen LogP contribution in [0.3, 0.4) is 0 Å². The minimum absolute atomic E-state index is 0. The quantitative estimate of drug-likeness (QED) is 0.0605. The third-order valence-corrected chi connectivity index (χ3v) is 11.6. The fourth-order valence-electron chi connectivity index (χ4n) is 6.96. The third-order valence-electron chi connectivity index (χ3n) is 9.73. The van der Waals surface area contributed by atoms with Crippen LogP contribution in [0.2, 0.25) is 0 Å². The molecule has 0 amide bonds. The minimum atomic E-state index is -2.24. The van der Waals surface area contributed by atoms with E-state index in [-0.39, 0.29) is 109 Å². The number of allylic oxidation sites excluding steroid dienone is 8. The van der Waals surface area contributed by atoms with Crippen molar-refractivity contribution >= 4 is 104 Å². The van der Waals surface area contributed by atoms with Crippen molar-refractivity contribution in [3.63, 3.8) is 0 Å². The fraction of sp³-hybridized carbons (Fsp3) is 0.608. The van der Waals surface area contributed by atoms with Crippen LogP contribution in [0, 0.1) is 66.0 Å². The maximum Gasteiger partial charge on any atom is 2.00 e. The van der Waals surface area contributed by atoms with Crippen molar-refractivity contribution in [3.8, 4) is 5.88 Å². The maximum atomic E-state index is 10.5. The van der Waals surface area contributed by atoms with E-state index in [1.807, 2.05) is 18.2 Å². The van der Waals surface area contributed by atoms with Gasteiger partial charge in [0.25, 0.3) is 0 Å². The van der Waals surface area contributed by atoms with Gasteiger partial charge in [-0.2, -0.15) is 5.92 Å². The number of aliphatic hydroxyl groups excluding tert-OH is 2. The van der Waals surface area contributed by atoms with Gasteiger partial charge in [0.15, 0.2) is 16.3 Å². The summed E-state index contributed by atoms with van der Waals surface area (Å²) in [6.45, 7) is 24.7. The van der Waals surface area contributed by atoms with Crippen LogP contribution in [-0.2, 0) is 14.3 Å². The number of ether oxygens (including phenoxy) is 2. The third kappa shape index (κ3) is 44.0. The molecule has 70 heavy (non-hydrogen) atoms. The molecule has 6 aliphatic carbocycles. The number of carbonyl (C=O) groups is 2. The van der Waals surface area contributed by atoms with Crippen LogP contribution in [0.25, 0.3) is 0 Å². The molecular formula is C51H80BBr3CeCl3MgN2NaO6S. The molecule has 1 aromatic rings. The maximum absolute atomic E-state index is 10.5. The molecule has 0 fully saturated rings. The summed E-state index contributed by atoms with van der Waals surface area (Å²) < 4.78 is 13.6. The number of ketones is 2. The van der Waals surface area contributed by atoms with Crippen LogP contribution in [0.5, 0.6) is 5.88 Å². The molecule has 0 aromatic carbocycles. The van der Waals surface area contributed by atoms with E-state index in [4.69, 9.17) is 43.7 Å². The predicted octanol–water partition coefficient (Wildman–Crippen LogP) is 9.84. The molecule has 4 unspecified atom stereocenters. The molecule has 7 rings (SSSR count). The largest absolute Gasteiger partial charge is 2.00 e. The normalized spacial score (nSPS) is 19.8. The average molecular weight is 1390 g/mol. The first-order valence-electron chi connectivity index (χ1n) is 23.3. The summed E-state index contributed by atoms with van der Waals surface area (Å²) in [5.74, 6) is 3.92. The van der Waals surface area contributed by atoms with Crippen LogP contribution in [0.1, 0.15) is 153 Å². The van der Waals surface area contributed by atoms with E-state index in [0.29, 0.717) is 35.0 Å². The second-order valence-corrected chi connectivity index (χ2v) is 34.1. The van der Waals surface area contributed by atoms with Crippen molar-refractivity contribution in [2.45, 2.75) is 176 Å². The van der Waals surface area contributed by atoms with Crippen LogP contribution < -0.4 is 51.3 Å². The molecule has 1 aromatic heterocycles. The molecule has 0 spiro atoms. The molecule has 388 valence electrons. The van der Waals surface area contributed by atoms with Gasteiger partial charge < -0.3 is 55.0 Å². The first-order chi connectivity index (χ1) is 31.0. The van der Waals surface area contributed by atoms with E-state index in [9.17, 15) is 14.7 Å². The first-order valence-corrected chi connectivity index (χ1v) is 37.1. The zero-order chi connectivity index (χ0) is 50.2. The molecule has 8 nitrogen and oxygen atoms in total. The van der Waals surface area contributed by atoms with Crippen LogP contribution in [0.15, 0.2) is 87.3 Å². The van der Waals surface area contributed by atoms with E-state index in [0.717, 1.165) is 97.8 Å². The van der Waals surface area contributed by atoms with E-state index in [2.05, 4.69) is 129 Å². The molecule has 0 saturated carbocycles. The van der Waals surface area contributed by atoms with Crippen LogP contribution >= 0.6 is 61.0 Å². The van der Waals surface area contributed by atoms with E-state index in [1.54, 1.807) is 18.5 Å². The number of imidazole rings is 1. The Kier molecular flexibility index (Phi) is 56.9. The number of halogens is 6. The molecule has 1 heterocycles. The Bertz CT molecular complexity index is 1810. The van der Waals surface area contributed by atoms with Gasteiger partial charge in [0.1, 0.15) is 12.2 Å². The molecule has 3 radical (unpaired) electrons. The van der Waals surface area contributed by atoms with E-state index >= 15 is 0 Å². The number of hydrogen-bond donors (Lipinski definition) is 4. The molecule has 19 heteroatoms. The Morgan fingerprint density at radius 1 is 0.800 bits per heavy atom. The Morgan fingerprint density at radius 2 is 1.26 bits per heavy atom. The molecule has 0 saturated heterocycles. The average Bonchev–Trinajstić information content (AvgIpc) is 4.10. The summed E-state index contributed by atoms with van der Waals surface area (Å²) in [5.41, 5.74) is 19.2. The summed E-state index contributed by atoms with van der Waals surface area (Å²) in [5, 5.41) is 18.3. The van der Waals surface area contributed by atoms with Gasteiger partial charge in [-0.3, -0.25) is 9.59 Å². The number of aromatic nitrogens is 2. The number of nitrogens with one attached hydrogen (secondary N) is 2. The van der Waals surface area contributed by atoms with Gasteiger partial charge in [-0.15, -0.1) is 0 Å². The molecule has 0 bridgehead atoms. The van der Waals surface area contributed by atoms with Gasteiger partial charge in [-0.05, 0) is 152 Å². The van der Waals surface area contributed by atoms with Crippen LogP contribution in [0.4, 0.5) is 0 Å². The fourth-order valence-corrected chi connectivity index (χ4v) is 8.01. The van der Waals surface area contributed by atoms with Gasteiger partial charge in [0.05, 0.1) is 29.1 Å². The van der Waals surface area contributed by atoms with E-state index in [1.165, 1.54) is 29.6 Å². The minimum Gasteiger partial charge on any atom is -1.00 e. The van der Waals surface area contributed by atoms with Gasteiger partial charge in [-0.1, -0.05) is 114 Å². The summed E-state index contributed by atoms with van der Waals surface area (Å²) >= 11 is 9.06. The molecule has 4 atom stereocenters. The van der Waals surface area contributed by atoms with Crippen molar-refractivity contribution in [1.29, 1.82) is 0 Å². The Hall–Kier alpha value is 1.99. The Labute approximate surface area is 519 Å². The van der Waals surface area contributed by atoms with E-state index < -0.39 is 30.7 Å². The van der Waals surface area contributed by atoms with Crippen molar-refractivity contribution < 1.29 is 108 Å². The summed E-state index contributed by atoms with van der Waals surface area (Å²) in [6, 6.07) is 0. The SMILES string of the molecule is C=COC1CCC=C1CC(C)C.CC(C)CC1=CCCC1O.CC(C)CC1=CCCC1Oc1c[nH]c(=S)[nH]1.O=C1C=CCC1.O=C1CCC=C1Br.OC1CCC=C1Br.[B].[Br-].[CH2-]C(C)C.[Cl][Ce]([Cl])[Cl].[H-].[Mg+2].[Na+]. The number of H-pyrrole nitrogens is 2. The number of carbonyl (C=O) groups excluding carboxylic acids is 2. The zero-order valence-corrected chi connectivity index (χ0v) is 57.7. The van der Waals surface area contributed by atoms with Crippen LogP contribution in [-0.4, -0.2) is 87.6 Å². The molecule has 6 aliphatic rings. The first kappa shape index (κ1) is 80.8. The molecule has 4 N–H and O–H groups in total. The second-order valence-electron chi connectivity index (χ2n) is 18.1. The zero-order valence-electron chi connectivity index (χ0n) is 44.3. The van der Waals surface area contributed by atoms with Crippen molar-refractivity contribution in [3.05, 3.63) is 98.9 Å². The number of aliphatic hydroxyl groups is 2. The summed E-state index contributed by atoms with van der Waals surface area (Å²) in [4.78, 5) is 26.5. The second kappa shape index (κ2) is 49.3. The van der Waals surface area contributed by atoms with Gasteiger partial charge in [0, 0.05) is 25.7 Å². The standard InChI is InChI=1S/C12H18N2OS.C11H18O.C9H16O.C5H7BrO.C5H5BrO.C5H6O.C4H9.B.BrH.Ce.3ClH.Mg.Na.H/c1-8(2)6-9-4-3-5-10(9)15-11-7-13-12(16)14-11;1-4-12-11-7-5-6-10(11)8-9(2)3;1-7(2)6-8-4-3-5-9(8)10;2*6-4-2-1-3-5(4)7;6-5-3-1-2-4-5;1-4(2)3;;;;;;;;;/h4,7-8,10H,3,5-6H2,1-2H3,(H2,13,14,16);4,6,9,11H,1,5,7-8H2,2-3H3;4,7,9-10H,3,5-6H2,1-2H3;2,5,7H,1,3H2;2H,1,3H2;1,3H,2,4H2;4H,1H2,2-3H3;;1H;;3*1H;;;/q;;;;;;-1;;;+3;;;;+2;+1;-1/p-4. The van der Waals surface area contributed by atoms with Crippen molar-refractivity contribution in [2.75, 3.05) is 0 Å². The number of hydrogen-bond acceptors (Lipinski definition) is 7. The summed E-state index contributed by atoms with van der Waals surface area (Å²) in [7, 11) is 0. The molecular weight excluding hydrogens is 1310 g/mol. The van der Waals surface area contributed by atoms with Gasteiger partial charge in [-0.25, -0.2) is 0 Å². The summed E-state index contributed by atoms with van der Waals surface area (Å²) in [6.07, 6.45) is 32.9. The van der Waals surface area contributed by atoms with Gasteiger partial charge >= 0.3 is 100 Å². The van der Waals surface area contributed by atoms with Gasteiger partial charge in [0.2, 0.25) is 5.88 Å². The number of rotatable bonds is 10. The van der Waals surface area contributed by atoms with Crippen molar-refractivity contribution in [2.24, 2.45) is 23.7 Å². The number of Topliss-reactive ketones (excluding diaryl/α,β-unsaturated/α-hetero) is 1.